The maximum Gasteiger partial charge on any atom is 0.185 e. The van der Waals surface area contributed by atoms with Gasteiger partial charge in [0.2, 0.25) is 0 Å². The minimum absolute atomic E-state index is 0.412. The van der Waals surface area contributed by atoms with Crippen molar-refractivity contribution < 1.29 is 5.11 Å². The smallest absolute Gasteiger partial charge is 0.185 e. The van der Waals surface area contributed by atoms with Crippen molar-refractivity contribution in [3.63, 3.8) is 0 Å². The Morgan fingerprint density at radius 1 is 1.60 bits per heavy atom. The predicted molar refractivity (Wildman–Crippen MR) is 69.1 cm³/mol. The molecule has 0 saturated heterocycles. The minimum atomic E-state index is -0.412. The van der Waals surface area contributed by atoms with Gasteiger partial charge in [0.15, 0.2) is 5.13 Å². The molecule has 15 heavy (non-hydrogen) atoms. The Bertz CT molecular complexity index is 312. The third-order valence-electron chi connectivity index (χ3n) is 2.16. The summed E-state index contributed by atoms with van der Waals surface area (Å²) in [6.45, 7) is 4.73. The lowest BCUT2D eigenvalue weighted by atomic mass is 10.3. The highest BCUT2D eigenvalue weighted by molar-refractivity contribution is 7.98. The maximum atomic E-state index is 9.52. The van der Waals surface area contributed by atoms with E-state index in [1.54, 1.807) is 18.3 Å². The third kappa shape index (κ3) is 3.36. The number of rotatable bonds is 5. The zero-order chi connectivity index (χ0) is 11.4. The topological polar surface area (TPSA) is 36.4 Å². The highest BCUT2D eigenvalue weighted by Gasteiger charge is 2.14. The quantitative estimate of drug-likeness (QED) is 0.865. The van der Waals surface area contributed by atoms with Crippen LogP contribution >= 0.6 is 23.1 Å². The number of aliphatic hydroxyl groups is 1. The van der Waals surface area contributed by atoms with Gasteiger partial charge in [-0.1, -0.05) is 11.3 Å². The Morgan fingerprint density at radius 2 is 2.27 bits per heavy atom. The lowest BCUT2D eigenvalue weighted by molar-refractivity contribution is 0.202. The predicted octanol–water partition coefficient (Wildman–Crippen LogP) is 2.30. The van der Waals surface area contributed by atoms with E-state index in [0.717, 1.165) is 28.0 Å². The van der Waals surface area contributed by atoms with Crippen LogP contribution in [0.1, 0.15) is 23.6 Å². The number of aryl methyl sites for hydroxylation is 1. The van der Waals surface area contributed by atoms with Gasteiger partial charge >= 0.3 is 0 Å². The second-order valence-electron chi connectivity index (χ2n) is 3.54. The minimum Gasteiger partial charge on any atom is -0.388 e. The monoisotopic (exact) mass is 246 g/mol. The number of anilines is 1. The first-order valence-corrected chi connectivity index (χ1v) is 7.12. The molecule has 0 aliphatic carbocycles. The van der Waals surface area contributed by atoms with Gasteiger partial charge in [0, 0.05) is 19.3 Å². The fourth-order valence-corrected chi connectivity index (χ4v) is 2.72. The molecule has 1 aromatic rings. The molecule has 86 valence electrons. The molecule has 0 spiro atoms. The Hall–Kier alpha value is -0.260. The molecule has 1 heterocycles. The second-order valence-corrected chi connectivity index (χ2v) is 5.53. The molecule has 0 radical (unpaired) electrons. The van der Waals surface area contributed by atoms with Gasteiger partial charge in [-0.05, 0) is 20.1 Å². The Morgan fingerprint density at radius 3 is 2.73 bits per heavy atom. The highest BCUT2D eigenvalue weighted by atomic mass is 32.2. The zero-order valence-electron chi connectivity index (χ0n) is 9.65. The highest BCUT2D eigenvalue weighted by Crippen LogP contribution is 2.29. The summed E-state index contributed by atoms with van der Waals surface area (Å²) >= 11 is 3.41. The largest absolute Gasteiger partial charge is 0.388 e. The van der Waals surface area contributed by atoms with Gasteiger partial charge in [-0.15, -0.1) is 0 Å². The van der Waals surface area contributed by atoms with Crippen LogP contribution in [0.3, 0.4) is 0 Å². The lowest BCUT2D eigenvalue weighted by Crippen LogP contribution is -2.19. The average molecular weight is 246 g/mol. The molecule has 0 aromatic carbocycles. The van der Waals surface area contributed by atoms with Gasteiger partial charge in [0.1, 0.15) is 0 Å². The molecule has 5 heteroatoms. The molecule has 0 bridgehead atoms. The van der Waals surface area contributed by atoms with E-state index < -0.39 is 6.10 Å². The molecule has 1 rings (SSSR count). The molecule has 0 amide bonds. The first-order chi connectivity index (χ1) is 7.06. The Balaban J connectivity index is 2.73. The van der Waals surface area contributed by atoms with Crippen LogP contribution in [0, 0.1) is 6.92 Å². The standard InChI is InChI=1S/C10H18N2OS2/c1-7-9(8(2)13)15-10(11-7)12(3)5-6-14-4/h8,13H,5-6H2,1-4H3. The number of hydrogen-bond acceptors (Lipinski definition) is 5. The van der Waals surface area contributed by atoms with Crippen LogP contribution in [0.15, 0.2) is 0 Å². The van der Waals surface area contributed by atoms with Gasteiger partial charge in [-0.25, -0.2) is 4.98 Å². The van der Waals surface area contributed by atoms with Crippen LogP contribution in [0.2, 0.25) is 0 Å². The van der Waals surface area contributed by atoms with Crippen LogP contribution in [0.25, 0.3) is 0 Å². The zero-order valence-corrected chi connectivity index (χ0v) is 11.3. The van der Waals surface area contributed by atoms with Crippen LogP contribution in [-0.4, -0.2) is 35.7 Å². The molecule has 1 unspecified atom stereocenters. The molecular formula is C10H18N2OS2. The van der Waals surface area contributed by atoms with Gasteiger partial charge in [-0.3, -0.25) is 0 Å². The van der Waals surface area contributed by atoms with Gasteiger partial charge in [-0.2, -0.15) is 11.8 Å². The van der Waals surface area contributed by atoms with Crippen molar-refractivity contribution in [3.8, 4) is 0 Å². The van der Waals surface area contributed by atoms with Crippen molar-refractivity contribution in [2.75, 3.05) is 30.5 Å². The van der Waals surface area contributed by atoms with Gasteiger partial charge in [0.25, 0.3) is 0 Å². The van der Waals surface area contributed by atoms with Crippen molar-refractivity contribution >= 4 is 28.2 Å². The Labute approximate surface area is 99.5 Å². The van der Waals surface area contributed by atoms with Crippen LogP contribution < -0.4 is 4.90 Å². The number of thiazole rings is 1. The molecule has 0 aliphatic rings. The summed E-state index contributed by atoms with van der Waals surface area (Å²) in [6.07, 6.45) is 1.69. The average Bonchev–Trinajstić information content (AvgIpc) is 2.56. The summed E-state index contributed by atoms with van der Waals surface area (Å²) < 4.78 is 0. The summed E-state index contributed by atoms with van der Waals surface area (Å²) in [6, 6.07) is 0. The summed E-state index contributed by atoms with van der Waals surface area (Å²) in [5.74, 6) is 1.10. The molecule has 0 fully saturated rings. The second kappa shape index (κ2) is 5.72. The number of nitrogens with zero attached hydrogens (tertiary/aromatic N) is 2. The number of hydrogen-bond donors (Lipinski definition) is 1. The van der Waals surface area contributed by atoms with E-state index in [1.807, 2.05) is 25.7 Å². The summed E-state index contributed by atoms with van der Waals surface area (Å²) in [7, 11) is 2.04. The summed E-state index contributed by atoms with van der Waals surface area (Å²) in [4.78, 5) is 7.57. The lowest BCUT2D eigenvalue weighted by Gasteiger charge is -2.14. The maximum absolute atomic E-state index is 9.52. The van der Waals surface area contributed by atoms with Crippen LogP contribution in [0.5, 0.6) is 0 Å². The molecule has 0 aliphatic heterocycles. The number of aliphatic hydroxyl groups excluding tert-OH is 1. The normalized spacial score (nSPS) is 12.9. The first-order valence-electron chi connectivity index (χ1n) is 4.91. The van der Waals surface area contributed by atoms with E-state index in [2.05, 4.69) is 16.1 Å². The van der Waals surface area contributed by atoms with Crippen molar-refractivity contribution in [1.29, 1.82) is 0 Å². The fourth-order valence-electron chi connectivity index (χ4n) is 1.27. The number of thioether (sulfide) groups is 1. The van der Waals surface area contributed by atoms with Crippen molar-refractivity contribution in [2.45, 2.75) is 20.0 Å². The van der Waals surface area contributed by atoms with E-state index in [9.17, 15) is 5.11 Å². The summed E-state index contributed by atoms with van der Waals surface area (Å²) in [5.41, 5.74) is 0.945. The van der Waals surface area contributed by atoms with E-state index in [4.69, 9.17) is 0 Å². The third-order valence-corrected chi connectivity index (χ3v) is 4.19. The van der Waals surface area contributed by atoms with Crippen molar-refractivity contribution in [2.24, 2.45) is 0 Å². The SMILES string of the molecule is CSCCN(C)c1nc(C)c(C(C)O)s1. The first kappa shape index (κ1) is 12.8. The van der Waals surface area contributed by atoms with E-state index in [1.165, 1.54) is 0 Å². The van der Waals surface area contributed by atoms with Gasteiger partial charge in [0.05, 0.1) is 16.7 Å². The molecule has 3 nitrogen and oxygen atoms in total. The van der Waals surface area contributed by atoms with Crippen molar-refractivity contribution in [3.05, 3.63) is 10.6 Å². The van der Waals surface area contributed by atoms with E-state index >= 15 is 0 Å². The molecule has 0 saturated carbocycles. The van der Waals surface area contributed by atoms with Crippen LogP contribution in [-0.2, 0) is 0 Å². The molecule has 1 aromatic heterocycles. The van der Waals surface area contributed by atoms with E-state index in [0.29, 0.717) is 0 Å². The molecular weight excluding hydrogens is 228 g/mol. The van der Waals surface area contributed by atoms with Crippen LogP contribution in [0.4, 0.5) is 5.13 Å². The Kier molecular flexibility index (Phi) is 4.89. The summed E-state index contributed by atoms with van der Waals surface area (Å²) in [5, 5.41) is 10.5. The number of aromatic nitrogens is 1. The fraction of sp³-hybridized carbons (Fsp3) is 0.700. The van der Waals surface area contributed by atoms with Gasteiger partial charge < -0.3 is 10.0 Å². The molecule has 1 N–H and O–H groups in total. The van der Waals surface area contributed by atoms with Crippen molar-refractivity contribution in [1.82, 2.24) is 4.98 Å². The molecule has 1 atom stereocenters. The van der Waals surface area contributed by atoms with E-state index in [-0.39, 0.29) is 0 Å².